The zero-order chi connectivity index (χ0) is 16.4. The molecule has 0 amide bonds. The smallest absolute Gasteiger partial charge is 0.339 e. The van der Waals surface area contributed by atoms with Gasteiger partial charge in [0.1, 0.15) is 25.4 Å². The Balaban J connectivity index is 1.83. The summed E-state index contributed by atoms with van der Waals surface area (Å²) in [5, 5.41) is 9.23. The van der Waals surface area contributed by atoms with Gasteiger partial charge in [0.25, 0.3) is 0 Å². The molecule has 0 spiro atoms. The predicted octanol–water partition coefficient (Wildman–Crippen LogP) is 0.496. The highest BCUT2D eigenvalue weighted by molar-refractivity contribution is 6.10. The molecule has 2 heterocycles. The second kappa shape index (κ2) is 6.35. The lowest BCUT2D eigenvalue weighted by Crippen LogP contribution is -2.20. The summed E-state index contributed by atoms with van der Waals surface area (Å²) in [6.07, 6.45) is -0.303. The molecule has 23 heavy (non-hydrogen) atoms. The van der Waals surface area contributed by atoms with E-state index in [1.54, 1.807) is 0 Å². The number of carboxylic acids is 1. The fourth-order valence-electron chi connectivity index (χ4n) is 1.94. The van der Waals surface area contributed by atoms with E-state index in [1.165, 1.54) is 18.2 Å². The van der Waals surface area contributed by atoms with Crippen LogP contribution in [0, 0.1) is 0 Å². The Kier molecular flexibility index (Phi) is 4.26. The maximum atomic E-state index is 12.2. The summed E-state index contributed by atoms with van der Waals surface area (Å²) >= 11 is 0. The highest BCUT2D eigenvalue weighted by Crippen LogP contribution is 2.20. The van der Waals surface area contributed by atoms with Gasteiger partial charge >= 0.3 is 17.9 Å². The fourth-order valence-corrected chi connectivity index (χ4v) is 1.94. The van der Waals surface area contributed by atoms with Crippen molar-refractivity contribution < 1.29 is 38.4 Å². The Labute approximate surface area is 130 Å². The Morgan fingerprint density at radius 3 is 2.04 bits per heavy atom. The fraction of sp³-hybridized carbons (Fsp3) is 0.400. The highest BCUT2D eigenvalue weighted by Gasteiger charge is 2.30. The molecule has 2 fully saturated rings. The second-order valence-electron chi connectivity index (χ2n) is 5.14. The number of ether oxygens (including phenoxy) is 4. The van der Waals surface area contributed by atoms with Gasteiger partial charge in [-0.2, -0.15) is 0 Å². The number of carbonyl (C=O) groups is 3. The lowest BCUT2D eigenvalue weighted by Gasteiger charge is -2.11. The Morgan fingerprint density at radius 1 is 1.00 bits per heavy atom. The van der Waals surface area contributed by atoms with E-state index in [0.29, 0.717) is 13.2 Å². The molecule has 122 valence electrons. The Morgan fingerprint density at radius 2 is 1.52 bits per heavy atom. The molecule has 8 heteroatoms. The van der Waals surface area contributed by atoms with Crippen molar-refractivity contribution in [3.05, 3.63) is 34.9 Å². The standard InChI is InChI=1S/C15H14O8/c16-13(17)10-2-1-3-11(14(18)22-6-8-4-20-8)12(10)15(19)23-7-9-5-21-9/h1-3,8-9H,4-7H2,(H,16,17). The van der Waals surface area contributed by atoms with E-state index in [2.05, 4.69) is 0 Å². The van der Waals surface area contributed by atoms with E-state index in [-0.39, 0.29) is 42.1 Å². The molecule has 1 aromatic carbocycles. The summed E-state index contributed by atoms with van der Waals surface area (Å²) in [6.45, 7) is 1.07. The average molecular weight is 322 g/mol. The number of rotatable bonds is 7. The number of epoxide rings is 2. The number of aromatic carboxylic acids is 1. The van der Waals surface area contributed by atoms with Gasteiger partial charge in [-0.1, -0.05) is 6.07 Å². The van der Waals surface area contributed by atoms with E-state index in [0.717, 1.165) is 0 Å². The van der Waals surface area contributed by atoms with Gasteiger partial charge in [-0.25, -0.2) is 14.4 Å². The third-order valence-electron chi connectivity index (χ3n) is 3.32. The quantitative estimate of drug-likeness (QED) is 0.570. The lowest BCUT2D eigenvalue weighted by molar-refractivity contribution is 0.0426. The molecule has 0 aromatic heterocycles. The molecule has 1 N–H and O–H groups in total. The molecule has 8 nitrogen and oxygen atoms in total. The first-order valence-electron chi connectivity index (χ1n) is 7.00. The molecule has 0 radical (unpaired) electrons. The number of hydrogen-bond donors (Lipinski definition) is 1. The van der Waals surface area contributed by atoms with Crippen molar-refractivity contribution >= 4 is 17.9 Å². The van der Waals surface area contributed by atoms with Crippen LogP contribution in [-0.4, -0.2) is 61.6 Å². The van der Waals surface area contributed by atoms with Crippen molar-refractivity contribution in [3.8, 4) is 0 Å². The maximum absolute atomic E-state index is 12.2. The van der Waals surface area contributed by atoms with Crippen LogP contribution >= 0.6 is 0 Å². The molecule has 0 saturated carbocycles. The summed E-state index contributed by atoms with van der Waals surface area (Å²) in [4.78, 5) is 35.7. The van der Waals surface area contributed by atoms with Crippen molar-refractivity contribution in [1.29, 1.82) is 0 Å². The van der Waals surface area contributed by atoms with Crippen LogP contribution in [0.3, 0.4) is 0 Å². The van der Waals surface area contributed by atoms with E-state index >= 15 is 0 Å². The minimum atomic E-state index is -1.33. The lowest BCUT2D eigenvalue weighted by atomic mass is 10.0. The van der Waals surface area contributed by atoms with E-state index in [4.69, 9.17) is 18.9 Å². The Hall–Kier alpha value is -2.45. The van der Waals surface area contributed by atoms with Crippen LogP contribution in [0.15, 0.2) is 18.2 Å². The molecular formula is C15H14O8. The predicted molar refractivity (Wildman–Crippen MR) is 73.4 cm³/mol. The van der Waals surface area contributed by atoms with Crippen LogP contribution in [-0.2, 0) is 18.9 Å². The van der Waals surface area contributed by atoms with Crippen molar-refractivity contribution in [1.82, 2.24) is 0 Å². The van der Waals surface area contributed by atoms with Crippen LogP contribution in [0.1, 0.15) is 31.1 Å². The van der Waals surface area contributed by atoms with Crippen LogP contribution in [0.25, 0.3) is 0 Å². The number of carboxylic acid groups (broad SMARTS) is 1. The van der Waals surface area contributed by atoms with Gasteiger partial charge in [-0.3, -0.25) is 0 Å². The largest absolute Gasteiger partial charge is 0.478 e. The molecule has 2 unspecified atom stereocenters. The van der Waals surface area contributed by atoms with Gasteiger partial charge < -0.3 is 24.1 Å². The highest BCUT2D eigenvalue weighted by atomic mass is 16.6. The zero-order valence-corrected chi connectivity index (χ0v) is 12.0. The first kappa shape index (κ1) is 15.4. The molecule has 2 aliphatic rings. The van der Waals surface area contributed by atoms with Gasteiger partial charge in [0.2, 0.25) is 0 Å². The average Bonchev–Trinajstić information content (AvgIpc) is 3.43. The minimum Gasteiger partial charge on any atom is -0.478 e. The van der Waals surface area contributed by atoms with Gasteiger partial charge in [-0.05, 0) is 12.1 Å². The summed E-state index contributed by atoms with van der Waals surface area (Å²) in [5.41, 5.74) is -0.779. The van der Waals surface area contributed by atoms with Crippen LogP contribution in [0.2, 0.25) is 0 Å². The molecule has 2 saturated heterocycles. The van der Waals surface area contributed by atoms with Gasteiger partial charge in [0.15, 0.2) is 0 Å². The number of esters is 2. The monoisotopic (exact) mass is 322 g/mol. The van der Waals surface area contributed by atoms with Gasteiger partial charge in [0, 0.05) is 0 Å². The van der Waals surface area contributed by atoms with E-state index in [9.17, 15) is 19.5 Å². The summed E-state index contributed by atoms with van der Waals surface area (Å²) in [6, 6.07) is 3.93. The van der Waals surface area contributed by atoms with E-state index < -0.39 is 17.9 Å². The molecule has 2 atom stereocenters. The summed E-state index contributed by atoms with van der Waals surface area (Å²) in [7, 11) is 0. The third-order valence-corrected chi connectivity index (χ3v) is 3.32. The van der Waals surface area contributed by atoms with Crippen molar-refractivity contribution in [2.24, 2.45) is 0 Å². The van der Waals surface area contributed by atoms with Crippen molar-refractivity contribution in [2.75, 3.05) is 26.4 Å². The molecular weight excluding hydrogens is 308 g/mol. The van der Waals surface area contributed by atoms with Crippen LogP contribution in [0.4, 0.5) is 0 Å². The van der Waals surface area contributed by atoms with Crippen molar-refractivity contribution in [2.45, 2.75) is 12.2 Å². The Bertz CT molecular complexity index is 645. The minimum absolute atomic E-state index is 0.0111. The second-order valence-corrected chi connectivity index (χ2v) is 5.14. The van der Waals surface area contributed by atoms with E-state index in [1.807, 2.05) is 0 Å². The molecule has 0 aliphatic carbocycles. The normalized spacial score (nSPS) is 21.4. The first-order chi connectivity index (χ1) is 11.1. The number of benzene rings is 1. The van der Waals surface area contributed by atoms with Crippen LogP contribution < -0.4 is 0 Å². The summed E-state index contributed by atoms with van der Waals surface area (Å²) in [5.74, 6) is -3.02. The molecule has 1 aromatic rings. The van der Waals surface area contributed by atoms with Crippen molar-refractivity contribution in [3.63, 3.8) is 0 Å². The zero-order valence-electron chi connectivity index (χ0n) is 12.0. The molecule has 0 bridgehead atoms. The topological polar surface area (TPSA) is 115 Å². The van der Waals surface area contributed by atoms with Gasteiger partial charge in [-0.15, -0.1) is 0 Å². The first-order valence-corrected chi connectivity index (χ1v) is 7.00. The number of carbonyl (C=O) groups excluding carboxylic acids is 2. The van der Waals surface area contributed by atoms with Crippen LogP contribution in [0.5, 0.6) is 0 Å². The third kappa shape index (κ3) is 3.85. The number of hydrogen-bond acceptors (Lipinski definition) is 7. The summed E-state index contributed by atoms with van der Waals surface area (Å²) < 4.78 is 19.9. The molecule has 2 aliphatic heterocycles. The maximum Gasteiger partial charge on any atom is 0.339 e. The van der Waals surface area contributed by atoms with Gasteiger partial charge in [0.05, 0.1) is 29.9 Å². The SMILES string of the molecule is O=C(O)c1cccc(C(=O)OCC2CO2)c1C(=O)OCC1CO1. The molecule has 3 rings (SSSR count).